The Hall–Kier alpha value is -3.84. The Labute approximate surface area is 199 Å². The minimum atomic E-state index is -0.734. The zero-order valence-electron chi connectivity index (χ0n) is 19.2. The molecule has 0 aliphatic carbocycles. The van der Waals surface area contributed by atoms with Crippen molar-refractivity contribution in [2.75, 3.05) is 33.5 Å². The maximum Gasteiger partial charge on any atom is 0.295 e. The molecule has 7 nitrogen and oxygen atoms in total. The van der Waals surface area contributed by atoms with E-state index in [1.807, 2.05) is 0 Å². The predicted octanol–water partition coefficient (Wildman–Crippen LogP) is 4.27. The maximum atomic E-state index is 13.1. The molecular weight excluding hydrogens is 434 g/mol. The molecule has 178 valence electrons. The van der Waals surface area contributed by atoms with E-state index < -0.39 is 17.7 Å². The van der Waals surface area contributed by atoms with Gasteiger partial charge in [0.05, 0.1) is 11.6 Å². The van der Waals surface area contributed by atoms with Crippen LogP contribution in [0.15, 0.2) is 79.4 Å². The largest absolute Gasteiger partial charge is 0.507 e. The Balaban J connectivity index is 2.01. The van der Waals surface area contributed by atoms with Crippen LogP contribution in [0.25, 0.3) is 5.76 Å². The normalized spacial score (nSPS) is 17.0. The van der Waals surface area contributed by atoms with Crippen molar-refractivity contribution >= 4 is 17.4 Å². The Bertz CT molecular complexity index is 1060. The SMILES string of the molecule is C=CCOc1ccc(C(O)=C2C(=O)C(=O)N(CCCOC)C2c2ccc(OCC=C)cc2)cc1. The molecule has 1 heterocycles. The molecule has 0 radical (unpaired) electrons. The number of aliphatic hydroxyl groups excluding tert-OH is 1. The lowest BCUT2D eigenvalue weighted by atomic mass is 9.95. The summed E-state index contributed by atoms with van der Waals surface area (Å²) in [6, 6.07) is 13.0. The molecule has 0 spiro atoms. The third-order valence-corrected chi connectivity index (χ3v) is 5.35. The number of nitrogens with zero attached hydrogens (tertiary/aromatic N) is 1. The molecular formula is C27H29NO6. The van der Waals surface area contributed by atoms with Gasteiger partial charge in [-0.3, -0.25) is 9.59 Å². The highest BCUT2D eigenvalue weighted by molar-refractivity contribution is 6.46. The summed E-state index contributed by atoms with van der Waals surface area (Å²) in [5.74, 6) is -0.377. The minimum Gasteiger partial charge on any atom is -0.507 e. The van der Waals surface area contributed by atoms with E-state index in [1.54, 1.807) is 67.8 Å². The molecule has 34 heavy (non-hydrogen) atoms. The first-order valence-corrected chi connectivity index (χ1v) is 11.0. The fraction of sp³-hybridized carbons (Fsp3) is 0.259. The van der Waals surface area contributed by atoms with Gasteiger partial charge in [0.2, 0.25) is 0 Å². The number of carbonyl (C=O) groups is 2. The summed E-state index contributed by atoms with van der Waals surface area (Å²) in [5.41, 5.74) is 1.15. The molecule has 1 fully saturated rings. The van der Waals surface area contributed by atoms with Gasteiger partial charge >= 0.3 is 0 Å². The molecule has 7 heteroatoms. The smallest absolute Gasteiger partial charge is 0.295 e. The first-order chi connectivity index (χ1) is 16.5. The number of aliphatic hydroxyl groups is 1. The summed E-state index contributed by atoms with van der Waals surface area (Å²) in [6.07, 6.45) is 3.83. The maximum absolute atomic E-state index is 13.1. The highest BCUT2D eigenvalue weighted by Gasteiger charge is 2.45. The monoisotopic (exact) mass is 463 g/mol. The van der Waals surface area contributed by atoms with E-state index in [-0.39, 0.29) is 11.3 Å². The Morgan fingerprint density at radius 1 is 0.971 bits per heavy atom. The predicted molar refractivity (Wildman–Crippen MR) is 130 cm³/mol. The van der Waals surface area contributed by atoms with E-state index in [1.165, 1.54) is 4.90 Å². The third-order valence-electron chi connectivity index (χ3n) is 5.35. The van der Waals surface area contributed by atoms with E-state index in [0.29, 0.717) is 55.4 Å². The van der Waals surface area contributed by atoms with E-state index in [4.69, 9.17) is 14.2 Å². The van der Waals surface area contributed by atoms with Crippen LogP contribution in [0.1, 0.15) is 23.6 Å². The average Bonchev–Trinajstić information content (AvgIpc) is 3.11. The molecule has 1 unspecified atom stereocenters. The summed E-state index contributed by atoms with van der Waals surface area (Å²) < 4.78 is 16.1. The average molecular weight is 464 g/mol. The Morgan fingerprint density at radius 3 is 2.06 bits per heavy atom. The molecule has 2 aromatic rings. The van der Waals surface area contributed by atoms with Crippen LogP contribution >= 0.6 is 0 Å². The van der Waals surface area contributed by atoms with Crippen LogP contribution in [-0.4, -0.2) is 55.2 Å². The number of hydrogen-bond acceptors (Lipinski definition) is 6. The Morgan fingerprint density at radius 2 is 1.53 bits per heavy atom. The lowest BCUT2D eigenvalue weighted by Crippen LogP contribution is -2.31. The summed E-state index contributed by atoms with van der Waals surface area (Å²) in [5, 5.41) is 11.1. The number of Topliss-reactive ketones (excluding diaryl/α,β-unsaturated/α-hetero) is 1. The summed E-state index contributed by atoms with van der Waals surface area (Å²) in [4.78, 5) is 27.5. The van der Waals surface area contributed by atoms with Crippen LogP contribution in [-0.2, 0) is 14.3 Å². The molecule has 1 aliphatic rings. The van der Waals surface area contributed by atoms with Crippen LogP contribution in [0.5, 0.6) is 11.5 Å². The van der Waals surface area contributed by atoms with Crippen molar-refractivity contribution in [1.29, 1.82) is 0 Å². The van der Waals surface area contributed by atoms with Crippen LogP contribution in [0, 0.1) is 0 Å². The molecule has 1 saturated heterocycles. The van der Waals surface area contributed by atoms with Crippen molar-refractivity contribution in [2.24, 2.45) is 0 Å². The summed E-state index contributed by atoms with van der Waals surface area (Å²) in [7, 11) is 1.58. The highest BCUT2D eigenvalue weighted by atomic mass is 16.5. The summed E-state index contributed by atoms with van der Waals surface area (Å²) in [6.45, 7) is 8.71. The lowest BCUT2D eigenvalue weighted by molar-refractivity contribution is -0.140. The number of ether oxygens (including phenoxy) is 3. The van der Waals surface area contributed by atoms with Crippen molar-refractivity contribution in [1.82, 2.24) is 4.90 Å². The van der Waals surface area contributed by atoms with Gasteiger partial charge in [0.1, 0.15) is 30.5 Å². The van der Waals surface area contributed by atoms with Crippen LogP contribution in [0.2, 0.25) is 0 Å². The lowest BCUT2D eigenvalue weighted by Gasteiger charge is -2.25. The van der Waals surface area contributed by atoms with E-state index in [0.717, 1.165) is 0 Å². The zero-order chi connectivity index (χ0) is 24.5. The van der Waals surface area contributed by atoms with Crippen LogP contribution in [0.3, 0.4) is 0 Å². The Kier molecular flexibility index (Phi) is 8.65. The molecule has 0 saturated carbocycles. The van der Waals surface area contributed by atoms with Gasteiger partial charge in [-0.15, -0.1) is 0 Å². The van der Waals surface area contributed by atoms with E-state index in [2.05, 4.69) is 13.2 Å². The molecule has 1 N–H and O–H groups in total. The van der Waals surface area contributed by atoms with Crippen molar-refractivity contribution < 1.29 is 28.9 Å². The molecule has 0 bridgehead atoms. The van der Waals surface area contributed by atoms with Crippen molar-refractivity contribution in [2.45, 2.75) is 12.5 Å². The standard InChI is InChI=1S/C27H29NO6/c1-4-16-33-21-11-7-19(8-12-21)24-23(26(30)27(31)28(24)15-6-18-32-3)25(29)20-9-13-22(14-10-20)34-17-5-2/h4-5,7-14,24,29H,1-2,6,15-18H2,3H3. The molecule has 1 aliphatic heterocycles. The number of likely N-dealkylation sites (tertiary alicyclic amines) is 1. The van der Waals surface area contributed by atoms with Gasteiger partial charge in [-0.2, -0.15) is 0 Å². The van der Waals surface area contributed by atoms with E-state index >= 15 is 0 Å². The first-order valence-electron chi connectivity index (χ1n) is 11.0. The number of hydrogen-bond donors (Lipinski definition) is 1. The minimum absolute atomic E-state index is 0.0435. The fourth-order valence-corrected chi connectivity index (χ4v) is 3.76. The van der Waals surface area contributed by atoms with Gasteiger partial charge in [0, 0.05) is 25.8 Å². The number of rotatable bonds is 12. The number of benzene rings is 2. The second-order valence-corrected chi connectivity index (χ2v) is 7.63. The molecule has 3 rings (SSSR count). The second kappa shape index (κ2) is 11.9. The van der Waals surface area contributed by atoms with E-state index in [9.17, 15) is 14.7 Å². The molecule has 2 aromatic carbocycles. The number of carbonyl (C=O) groups excluding carboxylic acids is 2. The quantitative estimate of drug-likeness (QED) is 0.166. The number of ketones is 1. The van der Waals surface area contributed by atoms with Crippen molar-refractivity contribution in [3.05, 3.63) is 90.5 Å². The fourth-order valence-electron chi connectivity index (χ4n) is 3.76. The van der Waals surface area contributed by atoms with Gasteiger partial charge in [-0.1, -0.05) is 37.4 Å². The molecule has 0 aromatic heterocycles. The van der Waals surface area contributed by atoms with Crippen LogP contribution < -0.4 is 9.47 Å². The van der Waals surface area contributed by atoms with Crippen LogP contribution in [0.4, 0.5) is 0 Å². The van der Waals surface area contributed by atoms with Crippen molar-refractivity contribution in [3.63, 3.8) is 0 Å². The second-order valence-electron chi connectivity index (χ2n) is 7.63. The number of methoxy groups -OCH3 is 1. The topological polar surface area (TPSA) is 85.3 Å². The van der Waals surface area contributed by atoms with Gasteiger partial charge in [0.25, 0.3) is 11.7 Å². The van der Waals surface area contributed by atoms with Gasteiger partial charge < -0.3 is 24.2 Å². The van der Waals surface area contributed by atoms with Crippen molar-refractivity contribution in [3.8, 4) is 11.5 Å². The number of amides is 1. The highest BCUT2D eigenvalue weighted by Crippen LogP contribution is 2.40. The van der Waals surface area contributed by atoms with Gasteiger partial charge in [0.15, 0.2) is 0 Å². The van der Waals surface area contributed by atoms with Gasteiger partial charge in [-0.05, 0) is 48.4 Å². The molecule has 1 atom stereocenters. The third kappa shape index (κ3) is 5.55. The zero-order valence-corrected chi connectivity index (χ0v) is 19.2. The summed E-state index contributed by atoms with van der Waals surface area (Å²) >= 11 is 0. The molecule has 1 amide bonds. The van der Waals surface area contributed by atoms with Gasteiger partial charge in [-0.25, -0.2) is 0 Å². The first kappa shape index (κ1) is 24.8.